The standard InChI is InChI=1S/C24H28N2O3S2/c1-29-23-8-6-19(7-9-23)12-15-31(27,28)25-16-24(22-11-14-30-18-22)26-13-10-20-4-2-3-5-21(20)17-26/h2-9,11,14,18,24-25H,10,12-13,15-17H2,1H3/t24-/m1/s1. The van der Waals surface area contributed by atoms with Gasteiger partial charge in [-0.3, -0.25) is 4.90 Å². The van der Waals surface area contributed by atoms with E-state index in [9.17, 15) is 8.42 Å². The number of hydrogen-bond acceptors (Lipinski definition) is 5. The summed E-state index contributed by atoms with van der Waals surface area (Å²) in [5.41, 5.74) is 4.87. The van der Waals surface area contributed by atoms with Crippen molar-refractivity contribution in [1.82, 2.24) is 9.62 Å². The van der Waals surface area contributed by atoms with Crippen molar-refractivity contribution in [3.8, 4) is 5.75 Å². The summed E-state index contributed by atoms with van der Waals surface area (Å²) >= 11 is 1.65. The van der Waals surface area contributed by atoms with Crippen molar-refractivity contribution in [2.24, 2.45) is 0 Å². The van der Waals surface area contributed by atoms with Gasteiger partial charge in [0.2, 0.25) is 10.0 Å². The molecule has 5 nitrogen and oxygen atoms in total. The Morgan fingerprint density at radius 2 is 1.87 bits per heavy atom. The average Bonchev–Trinajstić information content (AvgIpc) is 3.33. The predicted octanol–water partition coefficient (Wildman–Crippen LogP) is 4.02. The molecule has 1 aromatic heterocycles. The van der Waals surface area contributed by atoms with E-state index in [0.29, 0.717) is 13.0 Å². The van der Waals surface area contributed by atoms with Crippen LogP contribution in [0.5, 0.6) is 5.75 Å². The van der Waals surface area contributed by atoms with Crippen molar-refractivity contribution in [2.75, 3.05) is 26.0 Å². The Balaban J connectivity index is 1.40. The summed E-state index contributed by atoms with van der Waals surface area (Å²) in [5, 5.41) is 4.18. The van der Waals surface area contributed by atoms with E-state index in [1.54, 1.807) is 18.4 Å². The van der Waals surface area contributed by atoms with Gasteiger partial charge in [0.1, 0.15) is 5.75 Å². The first-order valence-corrected chi connectivity index (χ1v) is 13.1. The van der Waals surface area contributed by atoms with Crippen molar-refractivity contribution in [3.05, 3.63) is 87.6 Å². The Hall–Kier alpha value is -2.19. The van der Waals surface area contributed by atoms with E-state index in [0.717, 1.165) is 30.8 Å². The summed E-state index contributed by atoms with van der Waals surface area (Å²) in [6.45, 7) is 2.14. The van der Waals surface area contributed by atoms with Crippen LogP contribution in [0.1, 0.15) is 28.3 Å². The van der Waals surface area contributed by atoms with Crippen LogP contribution in [0.15, 0.2) is 65.4 Å². The fraction of sp³-hybridized carbons (Fsp3) is 0.333. The molecule has 1 aliphatic rings. The predicted molar refractivity (Wildman–Crippen MR) is 126 cm³/mol. The van der Waals surface area contributed by atoms with E-state index in [1.165, 1.54) is 16.7 Å². The van der Waals surface area contributed by atoms with Crippen LogP contribution in [0, 0.1) is 0 Å². The molecule has 0 amide bonds. The van der Waals surface area contributed by atoms with Gasteiger partial charge in [0, 0.05) is 25.7 Å². The summed E-state index contributed by atoms with van der Waals surface area (Å²) < 4.78 is 33.5. The number of fused-ring (bicyclic) bond motifs is 1. The first-order valence-electron chi connectivity index (χ1n) is 10.5. The molecule has 1 aliphatic heterocycles. The molecule has 0 spiro atoms. The molecule has 0 aliphatic carbocycles. The molecular formula is C24H28N2O3S2. The van der Waals surface area contributed by atoms with Gasteiger partial charge in [-0.1, -0.05) is 36.4 Å². The molecule has 0 bridgehead atoms. The normalized spacial score (nSPS) is 15.4. The summed E-state index contributed by atoms with van der Waals surface area (Å²) in [7, 11) is -1.77. The van der Waals surface area contributed by atoms with Gasteiger partial charge in [0.15, 0.2) is 0 Å². The van der Waals surface area contributed by atoms with Gasteiger partial charge in [-0.25, -0.2) is 13.1 Å². The first-order chi connectivity index (χ1) is 15.0. The molecule has 1 atom stereocenters. The van der Waals surface area contributed by atoms with Gasteiger partial charge < -0.3 is 4.74 Å². The van der Waals surface area contributed by atoms with Crippen LogP contribution >= 0.6 is 11.3 Å². The number of benzene rings is 2. The maximum absolute atomic E-state index is 12.7. The number of aryl methyl sites for hydroxylation is 1. The SMILES string of the molecule is COc1ccc(CCS(=O)(=O)NC[C@H](c2ccsc2)N2CCc3ccccc3C2)cc1. The zero-order valence-corrected chi connectivity index (χ0v) is 19.3. The third-order valence-corrected chi connectivity index (χ3v) is 7.89. The number of nitrogens with zero attached hydrogens (tertiary/aromatic N) is 1. The molecule has 4 rings (SSSR count). The van der Waals surface area contributed by atoms with Crippen LogP contribution in [0.3, 0.4) is 0 Å². The third kappa shape index (κ3) is 5.74. The lowest BCUT2D eigenvalue weighted by Crippen LogP contribution is -2.41. The van der Waals surface area contributed by atoms with Crippen molar-refractivity contribution in [2.45, 2.75) is 25.4 Å². The van der Waals surface area contributed by atoms with E-state index in [1.807, 2.05) is 24.3 Å². The Morgan fingerprint density at radius 1 is 1.10 bits per heavy atom. The number of methoxy groups -OCH3 is 1. The highest BCUT2D eigenvalue weighted by Gasteiger charge is 2.26. The number of ether oxygens (including phenoxy) is 1. The highest BCUT2D eigenvalue weighted by Crippen LogP contribution is 2.29. The minimum atomic E-state index is -3.39. The Bertz CT molecular complexity index is 1080. The van der Waals surface area contributed by atoms with Crippen LogP contribution in [0.4, 0.5) is 0 Å². The molecule has 2 heterocycles. The van der Waals surface area contributed by atoms with Gasteiger partial charge in [-0.15, -0.1) is 0 Å². The zero-order chi connectivity index (χ0) is 21.7. The molecule has 2 aromatic carbocycles. The second-order valence-corrected chi connectivity index (χ2v) is 10.5. The van der Waals surface area contributed by atoms with Gasteiger partial charge >= 0.3 is 0 Å². The molecule has 3 aromatic rings. The smallest absolute Gasteiger partial charge is 0.211 e. The minimum Gasteiger partial charge on any atom is -0.497 e. The molecule has 164 valence electrons. The van der Waals surface area contributed by atoms with Crippen molar-refractivity contribution in [3.63, 3.8) is 0 Å². The second kappa shape index (κ2) is 9.96. The van der Waals surface area contributed by atoms with Crippen LogP contribution in [-0.4, -0.2) is 39.3 Å². The molecule has 1 N–H and O–H groups in total. The number of thiophene rings is 1. The van der Waals surface area contributed by atoms with E-state index < -0.39 is 10.0 Å². The van der Waals surface area contributed by atoms with E-state index >= 15 is 0 Å². The Kier molecular flexibility index (Phi) is 7.07. The second-order valence-electron chi connectivity index (χ2n) is 7.83. The highest BCUT2D eigenvalue weighted by atomic mass is 32.2. The lowest BCUT2D eigenvalue weighted by atomic mass is 9.97. The lowest BCUT2D eigenvalue weighted by Gasteiger charge is -2.35. The minimum absolute atomic E-state index is 0.0235. The van der Waals surface area contributed by atoms with Crippen LogP contribution in [0.25, 0.3) is 0 Å². The number of rotatable bonds is 9. The molecule has 31 heavy (non-hydrogen) atoms. The van der Waals surface area contributed by atoms with Crippen molar-refractivity contribution in [1.29, 1.82) is 0 Å². The average molecular weight is 457 g/mol. The van der Waals surface area contributed by atoms with Crippen molar-refractivity contribution >= 4 is 21.4 Å². The topological polar surface area (TPSA) is 58.6 Å². The molecule has 0 fully saturated rings. The molecule has 0 unspecified atom stereocenters. The van der Waals surface area contributed by atoms with Gasteiger partial charge in [-0.05, 0) is 64.1 Å². The number of nitrogens with one attached hydrogen (secondary N) is 1. The van der Waals surface area contributed by atoms with Crippen LogP contribution in [0.2, 0.25) is 0 Å². The first kappa shape index (κ1) is 22.0. The number of hydrogen-bond donors (Lipinski definition) is 1. The van der Waals surface area contributed by atoms with Crippen molar-refractivity contribution < 1.29 is 13.2 Å². The molecule has 7 heteroatoms. The fourth-order valence-corrected chi connectivity index (χ4v) is 5.80. The summed E-state index contributed by atoms with van der Waals surface area (Å²) in [5.74, 6) is 0.838. The van der Waals surface area contributed by atoms with Crippen LogP contribution < -0.4 is 9.46 Å². The summed E-state index contributed by atoms with van der Waals surface area (Å²) in [6.07, 6.45) is 1.46. The van der Waals surface area contributed by atoms with E-state index in [-0.39, 0.29) is 11.8 Å². The third-order valence-electron chi connectivity index (χ3n) is 5.84. The highest BCUT2D eigenvalue weighted by molar-refractivity contribution is 7.89. The van der Waals surface area contributed by atoms with Gasteiger partial charge in [-0.2, -0.15) is 11.3 Å². The van der Waals surface area contributed by atoms with E-state index in [4.69, 9.17) is 4.74 Å². The maximum atomic E-state index is 12.7. The fourth-order valence-electron chi connectivity index (χ4n) is 4.03. The zero-order valence-electron chi connectivity index (χ0n) is 17.7. The summed E-state index contributed by atoms with van der Waals surface area (Å²) in [4.78, 5) is 2.39. The quantitative estimate of drug-likeness (QED) is 0.528. The maximum Gasteiger partial charge on any atom is 0.211 e. The lowest BCUT2D eigenvalue weighted by molar-refractivity contribution is 0.181. The molecule has 0 radical (unpaired) electrons. The molecular weight excluding hydrogens is 428 g/mol. The molecule has 0 saturated heterocycles. The molecule has 0 saturated carbocycles. The Morgan fingerprint density at radius 3 is 2.58 bits per heavy atom. The largest absolute Gasteiger partial charge is 0.497 e. The van der Waals surface area contributed by atoms with Gasteiger partial charge in [0.05, 0.1) is 12.9 Å². The summed E-state index contributed by atoms with van der Waals surface area (Å²) in [6, 6.07) is 18.2. The van der Waals surface area contributed by atoms with Crippen LogP contribution in [-0.2, 0) is 29.4 Å². The number of sulfonamides is 1. The van der Waals surface area contributed by atoms with Gasteiger partial charge in [0.25, 0.3) is 0 Å². The van der Waals surface area contributed by atoms with E-state index in [2.05, 4.69) is 50.7 Å². The monoisotopic (exact) mass is 456 g/mol. The Labute approximate surface area is 188 Å².